The average molecular weight is 438 g/mol. The van der Waals surface area contributed by atoms with Crippen molar-refractivity contribution in [3.05, 3.63) is 35.4 Å². The summed E-state index contributed by atoms with van der Waals surface area (Å²) in [4.78, 5) is 2.59. The van der Waals surface area contributed by atoms with Gasteiger partial charge in [0.15, 0.2) is 5.79 Å². The molecule has 1 saturated heterocycles. The van der Waals surface area contributed by atoms with Crippen LogP contribution in [0.1, 0.15) is 58.1 Å². The molecule has 0 radical (unpaired) electrons. The van der Waals surface area contributed by atoms with Gasteiger partial charge in [0, 0.05) is 37.2 Å². The summed E-state index contributed by atoms with van der Waals surface area (Å²) in [5.41, 5.74) is 2.94. The molecule has 1 fully saturated rings. The van der Waals surface area contributed by atoms with Crippen LogP contribution >= 0.6 is 10.3 Å². The van der Waals surface area contributed by atoms with Gasteiger partial charge in [-0.1, -0.05) is 52.0 Å². The Kier molecular flexibility index (Phi) is 7.95. The van der Waals surface area contributed by atoms with E-state index in [1.807, 2.05) is 0 Å². The van der Waals surface area contributed by atoms with Crippen molar-refractivity contribution in [1.82, 2.24) is 4.90 Å². The summed E-state index contributed by atoms with van der Waals surface area (Å²) in [5.74, 6) is 0.110. The third-order valence-electron chi connectivity index (χ3n) is 6.83. The molecule has 0 saturated carbocycles. The minimum Gasteiger partial charge on any atom is -0.347 e. The largest absolute Gasteiger partial charge is 0.347 e. The van der Waals surface area contributed by atoms with E-state index in [9.17, 15) is 0 Å². The summed E-state index contributed by atoms with van der Waals surface area (Å²) in [6.07, 6.45) is 8.72. The zero-order valence-corrected chi connectivity index (χ0v) is 20.9. The van der Waals surface area contributed by atoms with Crippen molar-refractivity contribution in [1.29, 1.82) is 0 Å². The predicted molar refractivity (Wildman–Crippen MR) is 128 cm³/mol. The average Bonchev–Trinajstić information content (AvgIpc) is 3.14. The molecule has 2 heterocycles. The van der Waals surface area contributed by atoms with Gasteiger partial charge < -0.3 is 13.7 Å². The van der Waals surface area contributed by atoms with Gasteiger partial charge in [0.25, 0.3) is 0 Å². The van der Waals surface area contributed by atoms with Gasteiger partial charge in [-0.05, 0) is 42.4 Å². The maximum Gasteiger partial charge on any atom is 0.169 e. The van der Waals surface area contributed by atoms with E-state index in [0.29, 0.717) is 5.92 Å². The molecule has 0 amide bonds. The lowest BCUT2D eigenvalue weighted by Crippen LogP contribution is -2.39. The molecule has 0 aliphatic carbocycles. The van der Waals surface area contributed by atoms with Crippen LogP contribution in [0.25, 0.3) is 0 Å². The van der Waals surface area contributed by atoms with Crippen molar-refractivity contribution in [2.24, 2.45) is 5.92 Å². The Morgan fingerprint density at radius 2 is 1.77 bits per heavy atom. The first-order valence-corrected chi connectivity index (χ1v) is 13.9. The van der Waals surface area contributed by atoms with Crippen LogP contribution in [0.5, 0.6) is 0 Å². The van der Waals surface area contributed by atoms with Crippen molar-refractivity contribution in [3.8, 4) is 0 Å². The van der Waals surface area contributed by atoms with Crippen molar-refractivity contribution in [3.63, 3.8) is 0 Å². The summed E-state index contributed by atoms with van der Waals surface area (Å²) in [6, 6.07) is 8.94. The first-order chi connectivity index (χ1) is 14.1. The fourth-order valence-corrected chi connectivity index (χ4v) is 5.10. The first kappa shape index (κ1) is 24.1. The van der Waals surface area contributed by atoms with Gasteiger partial charge in [-0.25, -0.2) is 0 Å². The van der Waals surface area contributed by atoms with Gasteiger partial charge in [0.05, 0.1) is 19.8 Å². The number of aryl methyl sites for hydroxylation is 1. The molecule has 0 unspecified atom stereocenters. The van der Waals surface area contributed by atoms with Crippen LogP contribution in [-0.4, -0.2) is 60.9 Å². The van der Waals surface area contributed by atoms with Crippen molar-refractivity contribution in [2.75, 3.05) is 45.4 Å². The molecule has 30 heavy (non-hydrogen) atoms. The lowest BCUT2D eigenvalue weighted by Gasteiger charge is -2.44. The Hall–Kier alpha value is -0.590. The molecule has 0 bridgehead atoms. The second-order valence-electron chi connectivity index (χ2n) is 10.5. The Morgan fingerprint density at radius 3 is 2.43 bits per heavy atom. The quantitative estimate of drug-likeness (QED) is 0.618. The first-order valence-electron chi connectivity index (χ1n) is 11.5. The predicted octanol–water partition coefficient (Wildman–Crippen LogP) is 5.39. The number of rotatable bonds is 5. The smallest absolute Gasteiger partial charge is 0.169 e. The van der Waals surface area contributed by atoms with Gasteiger partial charge in [-0.15, -0.1) is 10.3 Å². The monoisotopic (exact) mass is 437 g/mol. The van der Waals surface area contributed by atoms with Crippen LogP contribution in [0.2, 0.25) is 0 Å². The fraction of sp³-hybridized carbons (Fsp3) is 0.760. The van der Waals surface area contributed by atoms with Gasteiger partial charge in [-0.2, -0.15) is 0 Å². The zero-order valence-electron chi connectivity index (χ0n) is 20.0. The molecule has 0 aromatic heterocycles. The van der Waals surface area contributed by atoms with Crippen molar-refractivity contribution in [2.45, 2.75) is 70.5 Å². The summed E-state index contributed by atoms with van der Waals surface area (Å²) in [5, 5.41) is 0. The molecule has 1 spiro atoms. The molecule has 1 aromatic carbocycles. The van der Waals surface area contributed by atoms with Crippen LogP contribution in [0, 0.1) is 5.92 Å². The third kappa shape index (κ3) is 6.23. The van der Waals surface area contributed by atoms with Crippen LogP contribution in [-0.2, 0) is 26.6 Å². The van der Waals surface area contributed by atoms with Crippen LogP contribution in [0.4, 0.5) is 0 Å². The van der Waals surface area contributed by atoms with E-state index >= 15 is 0 Å². The molecule has 172 valence electrons. The molecular formula is C25H43NO3S. The summed E-state index contributed by atoms with van der Waals surface area (Å²) in [7, 11) is -1.08. The highest BCUT2D eigenvalue weighted by molar-refractivity contribution is 8.29. The van der Waals surface area contributed by atoms with Gasteiger partial charge >= 0.3 is 0 Å². The molecule has 1 atom stereocenters. The second-order valence-corrected chi connectivity index (χ2v) is 14.4. The number of benzene rings is 1. The molecule has 1 aromatic rings. The molecular weight excluding hydrogens is 394 g/mol. The Balaban J connectivity index is 1.68. The molecule has 0 N–H and O–H groups in total. The van der Waals surface area contributed by atoms with Crippen LogP contribution < -0.4 is 0 Å². The number of ether oxygens (including phenoxy) is 2. The number of fused-ring (bicyclic) bond motifs is 1. The molecule has 4 nitrogen and oxygen atoms in total. The summed E-state index contributed by atoms with van der Waals surface area (Å²) >= 11 is 0. The Morgan fingerprint density at radius 1 is 1.10 bits per heavy atom. The standard InChI is InChI=1S/C25H43NO3S/c1-21(20-29-30(5,6)24(2,3)4)18-26-15-14-25(27-16-17-28-25)13-9-12-22-10-7-8-11-23(22)19-26/h7-8,10-11,21H,9,12-20H2,1-6H3/t21-/m1/s1. The van der Waals surface area contributed by atoms with Crippen LogP contribution in [0.3, 0.4) is 0 Å². The summed E-state index contributed by atoms with van der Waals surface area (Å²) < 4.78 is 18.9. The lowest BCUT2D eigenvalue weighted by atomic mass is 9.96. The van der Waals surface area contributed by atoms with E-state index in [1.54, 1.807) is 0 Å². The Labute approximate surface area is 186 Å². The van der Waals surface area contributed by atoms with Gasteiger partial charge in [0.2, 0.25) is 0 Å². The van der Waals surface area contributed by atoms with E-state index in [-0.39, 0.29) is 10.5 Å². The molecule has 3 rings (SSSR count). The topological polar surface area (TPSA) is 30.9 Å². The number of hydrogen-bond acceptors (Lipinski definition) is 4. The number of nitrogens with zero attached hydrogens (tertiary/aromatic N) is 1. The molecule has 2 aliphatic heterocycles. The van der Waals surface area contributed by atoms with Crippen LogP contribution in [0.15, 0.2) is 24.3 Å². The second kappa shape index (κ2) is 9.91. The van der Waals surface area contributed by atoms with Gasteiger partial charge in [0.1, 0.15) is 0 Å². The highest BCUT2D eigenvalue weighted by Gasteiger charge is 2.37. The third-order valence-corrected chi connectivity index (χ3v) is 10.5. The summed E-state index contributed by atoms with van der Waals surface area (Å²) in [6.45, 7) is 14.5. The fourth-order valence-electron chi connectivity index (χ4n) is 4.18. The van der Waals surface area contributed by atoms with E-state index in [2.05, 4.69) is 69.4 Å². The highest BCUT2D eigenvalue weighted by Crippen LogP contribution is 2.53. The maximum absolute atomic E-state index is 6.47. The number of hydrogen-bond donors (Lipinski definition) is 0. The van der Waals surface area contributed by atoms with E-state index < -0.39 is 10.3 Å². The normalized spacial score (nSPS) is 22.6. The van der Waals surface area contributed by atoms with Crippen molar-refractivity contribution >= 4 is 10.3 Å². The minimum atomic E-state index is -1.08. The minimum absolute atomic E-state index is 0.200. The van der Waals surface area contributed by atoms with Crippen molar-refractivity contribution < 1.29 is 13.7 Å². The molecule has 2 aliphatic rings. The maximum atomic E-state index is 6.47. The van der Waals surface area contributed by atoms with E-state index in [1.165, 1.54) is 11.1 Å². The highest BCUT2D eigenvalue weighted by atomic mass is 32.3. The SMILES string of the molecule is C[C@@H](COS(C)(C)C(C)(C)C)CN1CCC2(CCCc3ccccc3C1)OCCO2. The van der Waals surface area contributed by atoms with E-state index in [0.717, 1.165) is 65.1 Å². The lowest BCUT2D eigenvalue weighted by molar-refractivity contribution is -0.170. The molecule has 5 heteroatoms. The Bertz CT molecular complexity index is 679. The van der Waals surface area contributed by atoms with Gasteiger partial charge in [-0.3, -0.25) is 4.90 Å². The zero-order chi connectivity index (χ0) is 21.8. The van der Waals surface area contributed by atoms with E-state index in [4.69, 9.17) is 13.7 Å².